The Morgan fingerprint density at radius 3 is 1.63 bits per heavy atom. The van der Waals surface area contributed by atoms with Crippen LogP contribution in [0.1, 0.15) is 0 Å². The Morgan fingerprint density at radius 2 is 1.22 bits per heavy atom. The van der Waals surface area contributed by atoms with Crippen molar-refractivity contribution in [2.45, 2.75) is 58.9 Å². The summed E-state index contributed by atoms with van der Waals surface area (Å²) in [7, 11) is -0.441. The lowest BCUT2D eigenvalue weighted by molar-refractivity contribution is 1.14. The molecule has 0 aliphatic carbocycles. The Morgan fingerprint density at radius 1 is 0.741 bits per heavy atom. The minimum absolute atomic E-state index is 0.719. The fraction of sp³-hybridized carbons (Fsp3) is 0.500. The van der Waals surface area contributed by atoms with E-state index in [1.54, 1.807) is 5.19 Å². The average Bonchev–Trinajstić information content (AvgIpc) is 2.47. The van der Waals surface area contributed by atoms with Gasteiger partial charge in [-0.05, 0) is 16.6 Å². The van der Waals surface area contributed by atoms with Crippen molar-refractivity contribution in [2.24, 2.45) is 0 Å². The second-order valence-corrected chi connectivity index (χ2v) is 34.9. The highest BCUT2D eigenvalue weighted by Gasteiger charge is 2.38. The molecule has 0 radical (unpaired) electrons. The van der Waals surface area contributed by atoms with E-state index in [-0.39, 0.29) is 0 Å². The van der Waals surface area contributed by atoms with E-state index >= 15 is 0 Å². The molecule has 0 amide bonds. The van der Waals surface area contributed by atoms with Gasteiger partial charge < -0.3 is 4.90 Å². The molecular formula is C22H39NSi4. The van der Waals surface area contributed by atoms with Gasteiger partial charge in [0.15, 0.2) is 0 Å². The number of fused-ring (bicyclic) bond motifs is 1. The van der Waals surface area contributed by atoms with Gasteiger partial charge in [-0.1, -0.05) is 89.3 Å². The SMILES string of the molecule is CN(C)c1cccc2cccc([Si](=C([Si](C)(C)C)[Si](C)(C)C)[Si](C)(C)C)c12. The minimum atomic E-state index is -1.37. The van der Waals surface area contributed by atoms with Crippen LogP contribution in [0.25, 0.3) is 10.8 Å². The Bertz CT molecular complexity index is 841. The second-order valence-electron chi connectivity index (χ2n) is 11.1. The fourth-order valence-corrected chi connectivity index (χ4v) is 41.9. The van der Waals surface area contributed by atoms with Gasteiger partial charge in [0.25, 0.3) is 0 Å². The van der Waals surface area contributed by atoms with Gasteiger partial charge in [-0.15, -0.1) is 4.42 Å². The molecule has 0 saturated heterocycles. The third kappa shape index (κ3) is 4.81. The highest BCUT2D eigenvalue weighted by atomic mass is 29.2. The molecule has 0 saturated carbocycles. The molecule has 2 aromatic rings. The highest BCUT2D eigenvalue weighted by Crippen LogP contribution is 2.26. The number of benzene rings is 2. The van der Waals surface area contributed by atoms with Gasteiger partial charge in [0.2, 0.25) is 0 Å². The first-order valence-corrected chi connectivity index (χ1v) is 23.1. The third-order valence-electron chi connectivity index (χ3n) is 5.13. The summed E-state index contributed by atoms with van der Waals surface area (Å²) < 4.78 is 2.07. The van der Waals surface area contributed by atoms with Gasteiger partial charge in [0.05, 0.1) is 23.7 Å². The number of hydrogen-bond donors (Lipinski definition) is 0. The molecule has 0 aromatic heterocycles. The number of nitrogens with zero attached hydrogens (tertiary/aromatic N) is 1. The Kier molecular flexibility index (Phi) is 6.32. The van der Waals surface area contributed by atoms with Gasteiger partial charge in [-0.2, -0.15) is 0 Å². The Labute approximate surface area is 171 Å². The first-order chi connectivity index (χ1) is 12.2. The third-order valence-corrected chi connectivity index (χ3v) is 29.1. The van der Waals surface area contributed by atoms with Gasteiger partial charge >= 0.3 is 0 Å². The molecule has 5 heteroatoms. The first-order valence-electron chi connectivity index (χ1n) is 10.1. The van der Waals surface area contributed by atoms with Gasteiger partial charge in [-0.3, -0.25) is 0 Å². The summed E-state index contributed by atoms with van der Waals surface area (Å²) in [4.78, 5) is 2.30. The van der Waals surface area contributed by atoms with Gasteiger partial charge in [-0.25, -0.2) is 0 Å². The Balaban J connectivity index is 3.12. The van der Waals surface area contributed by atoms with Crippen LogP contribution in [0, 0.1) is 0 Å². The second kappa shape index (κ2) is 7.58. The van der Waals surface area contributed by atoms with Crippen molar-refractivity contribution in [3.8, 4) is 0 Å². The van der Waals surface area contributed by atoms with Crippen molar-refractivity contribution in [3.05, 3.63) is 36.4 Å². The molecular weight excluding hydrogens is 391 g/mol. The van der Waals surface area contributed by atoms with Crippen LogP contribution in [-0.2, 0) is 0 Å². The molecule has 27 heavy (non-hydrogen) atoms. The van der Waals surface area contributed by atoms with E-state index in [1.165, 1.54) is 16.5 Å². The van der Waals surface area contributed by atoms with E-state index in [4.69, 9.17) is 0 Å². The smallest absolute Gasteiger partial charge is 0.0632 e. The van der Waals surface area contributed by atoms with Crippen LogP contribution < -0.4 is 10.1 Å². The van der Waals surface area contributed by atoms with Crippen molar-refractivity contribution in [1.29, 1.82) is 0 Å². The molecule has 0 spiro atoms. The molecule has 0 bridgehead atoms. The minimum Gasteiger partial charge on any atom is -0.377 e. The summed E-state index contributed by atoms with van der Waals surface area (Å²) in [5, 5.41) is 4.63. The van der Waals surface area contributed by atoms with Crippen LogP contribution in [0.2, 0.25) is 58.9 Å². The molecule has 0 atom stereocenters. The van der Waals surface area contributed by atoms with E-state index in [0.717, 1.165) is 0 Å². The van der Waals surface area contributed by atoms with Crippen molar-refractivity contribution in [2.75, 3.05) is 19.0 Å². The van der Waals surface area contributed by atoms with Crippen molar-refractivity contribution >= 4 is 57.7 Å². The van der Waals surface area contributed by atoms with E-state index in [0.29, 0.717) is 0 Å². The summed E-state index contributed by atoms with van der Waals surface area (Å²) in [6, 6.07) is 13.9. The lowest BCUT2D eigenvalue weighted by Crippen LogP contribution is -2.63. The van der Waals surface area contributed by atoms with Crippen molar-refractivity contribution in [1.82, 2.24) is 0 Å². The average molecular weight is 430 g/mol. The lowest BCUT2D eigenvalue weighted by atomic mass is 10.1. The molecule has 0 fully saturated rings. The predicted molar refractivity (Wildman–Crippen MR) is 139 cm³/mol. The summed E-state index contributed by atoms with van der Waals surface area (Å²) >= 11 is 0. The maximum Gasteiger partial charge on any atom is 0.0632 e. The zero-order chi connectivity index (χ0) is 20.8. The number of rotatable bonds is 5. The molecule has 0 aliphatic heterocycles. The predicted octanol–water partition coefficient (Wildman–Crippen LogP) is 5.53. The summed E-state index contributed by atoms with van der Waals surface area (Å²) in [6.45, 7) is 23.5. The normalized spacial score (nSPS) is 13.0. The molecule has 1 nitrogen and oxygen atoms in total. The molecule has 2 rings (SSSR count). The summed E-state index contributed by atoms with van der Waals surface area (Å²) in [6.07, 6.45) is 0. The van der Waals surface area contributed by atoms with E-state index in [2.05, 4.69) is 119 Å². The summed E-state index contributed by atoms with van der Waals surface area (Å²) in [5.41, 5.74) is 1.38. The molecule has 0 heterocycles. The zero-order valence-corrected chi connectivity index (χ0v) is 23.4. The largest absolute Gasteiger partial charge is 0.377 e. The zero-order valence-electron chi connectivity index (χ0n) is 19.4. The van der Waals surface area contributed by atoms with E-state index < -0.39 is 31.7 Å². The van der Waals surface area contributed by atoms with E-state index in [9.17, 15) is 0 Å². The molecule has 0 unspecified atom stereocenters. The molecule has 2 aromatic carbocycles. The quantitative estimate of drug-likeness (QED) is 0.564. The number of anilines is 1. The molecule has 148 valence electrons. The lowest BCUT2D eigenvalue weighted by Gasteiger charge is -2.39. The van der Waals surface area contributed by atoms with Crippen LogP contribution >= 0.6 is 0 Å². The topological polar surface area (TPSA) is 3.24 Å². The standard InChI is InChI=1S/C22H39NSi4/c1-23(2)19-16-12-14-18-15-13-17-20(21(18)19)24(27(9,10)11)22(25(3,4)5)26(6,7)8/h12-17H,1-11H3. The first kappa shape index (κ1) is 22.5. The maximum absolute atomic E-state index is 2.62. The van der Waals surface area contributed by atoms with Crippen LogP contribution in [0.15, 0.2) is 36.4 Å². The maximum atomic E-state index is 2.62. The molecule has 0 N–H and O–H groups in total. The highest BCUT2D eigenvalue weighted by molar-refractivity contribution is 7.55. The van der Waals surface area contributed by atoms with Crippen LogP contribution in [-0.4, -0.2) is 50.2 Å². The molecule has 0 aliphatic rings. The monoisotopic (exact) mass is 429 g/mol. The van der Waals surface area contributed by atoms with Crippen molar-refractivity contribution < 1.29 is 0 Å². The van der Waals surface area contributed by atoms with Crippen LogP contribution in [0.4, 0.5) is 5.69 Å². The van der Waals surface area contributed by atoms with Crippen LogP contribution in [0.5, 0.6) is 0 Å². The van der Waals surface area contributed by atoms with Gasteiger partial charge in [0, 0.05) is 33.1 Å². The fourth-order valence-electron chi connectivity index (χ4n) is 4.69. The summed E-state index contributed by atoms with van der Waals surface area (Å²) in [5.74, 6) is 0. The Hall–Kier alpha value is -0.762. The number of hydrogen-bond acceptors (Lipinski definition) is 1. The van der Waals surface area contributed by atoms with E-state index in [1.807, 2.05) is 0 Å². The van der Waals surface area contributed by atoms with Gasteiger partial charge in [0.1, 0.15) is 0 Å². The van der Waals surface area contributed by atoms with Crippen molar-refractivity contribution in [3.63, 3.8) is 0 Å². The van der Waals surface area contributed by atoms with Crippen LogP contribution in [0.3, 0.4) is 0 Å².